The Labute approximate surface area is 404 Å². The molecule has 326 valence electrons. The van der Waals surface area contributed by atoms with E-state index in [0.29, 0.717) is 0 Å². The van der Waals surface area contributed by atoms with E-state index in [2.05, 4.69) is 258 Å². The second kappa shape index (κ2) is 15.3. The molecule has 1 unspecified atom stereocenters. The summed E-state index contributed by atoms with van der Waals surface area (Å²) in [6, 6.07) is 88.2. The van der Waals surface area contributed by atoms with Gasteiger partial charge in [-0.2, -0.15) is 0 Å². The second-order valence-corrected chi connectivity index (χ2v) is 19.1. The number of rotatable bonds is 5. The summed E-state index contributed by atoms with van der Waals surface area (Å²) in [5.41, 5.74) is 13.5. The average Bonchev–Trinajstić information content (AvgIpc) is 3.95. The normalized spacial score (nSPS) is 13.7. The molecule has 0 radical (unpaired) electrons. The molecule has 2 aromatic heterocycles. The molecule has 0 aliphatic heterocycles. The highest BCUT2D eigenvalue weighted by molar-refractivity contribution is 6.15. The van der Waals surface area contributed by atoms with Crippen molar-refractivity contribution in [1.82, 2.24) is 9.13 Å². The van der Waals surface area contributed by atoms with Crippen LogP contribution in [0.5, 0.6) is 0 Å². The van der Waals surface area contributed by atoms with Gasteiger partial charge in [0.2, 0.25) is 0 Å². The van der Waals surface area contributed by atoms with Crippen LogP contribution >= 0.6 is 0 Å². The highest BCUT2D eigenvalue weighted by Gasteiger charge is 2.24. The van der Waals surface area contributed by atoms with Gasteiger partial charge in [-0.3, -0.25) is 0 Å². The fourth-order valence-electron chi connectivity index (χ4n) is 12.3. The maximum absolute atomic E-state index is 2.60. The molecule has 15 rings (SSSR count). The van der Waals surface area contributed by atoms with Gasteiger partial charge in [0.05, 0.1) is 17.1 Å². The van der Waals surface area contributed by atoms with Gasteiger partial charge in [0.15, 0.2) is 0 Å². The van der Waals surface area contributed by atoms with E-state index in [9.17, 15) is 0 Å². The molecule has 0 spiro atoms. The Balaban J connectivity index is 1.04. The predicted molar refractivity (Wildman–Crippen MR) is 298 cm³/mol. The molecule has 70 heavy (non-hydrogen) atoms. The summed E-state index contributed by atoms with van der Waals surface area (Å²) in [7, 11) is 0. The van der Waals surface area contributed by atoms with E-state index in [4.69, 9.17) is 0 Å². The standard InChI is InChI=1S/C68H44N2/c1-2-16-46-39-48(34-29-43(46)15-1)68-59-38-36-49(69-63-25-11-7-21-54(63)55-22-8-12-26-64(55)69)41-61(59)67(45-32-30-44(31-33-45)60-40-47-17-3-4-18-51(47)52-19-5-6-20-53(52)60)58-37-35-50(42-62(58)68)70-65-27-13-9-23-56(65)57-24-10-14-28-66(57)70/h1-35,37-42,49H,36H2. The molecular formula is C68H44N2. The van der Waals surface area contributed by atoms with Crippen LogP contribution in [-0.4, -0.2) is 9.13 Å². The lowest BCUT2D eigenvalue weighted by Crippen LogP contribution is -2.34. The third-order valence-electron chi connectivity index (χ3n) is 15.4. The van der Waals surface area contributed by atoms with Crippen LogP contribution in [0, 0.1) is 0 Å². The van der Waals surface area contributed by atoms with Crippen molar-refractivity contribution in [3.05, 3.63) is 247 Å². The van der Waals surface area contributed by atoms with Gasteiger partial charge < -0.3 is 9.13 Å². The maximum atomic E-state index is 2.60. The number of para-hydroxylation sites is 4. The Morgan fingerprint density at radius 3 is 1.51 bits per heavy atom. The number of benzene rings is 12. The van der Waals surface area contributed by atoms with Crippen molar-refractivity contribution >= 4 is 98.9 Å². The first kappa shape index (κ1) is 39.1. The lowest BCUT2D eigenvalue weighted by atomic mass is 9.84. The lowest BCUT2D eigenvalue weighted by Gasteiger charge is -2.24. The van der Waals surface area contributed by atoms with Crippen LogP contribution in [0.2, 0.25) is 0 Å². The number of hydrogen-bond donors (Lipinski definition) is 0. The largest absolute Gasteiger partial charge is 0.333 e. The molecule has 0 saturated carbocycles. The van der Waals surface area contributed by atoms with Crippen molar-refractivity contribution in [2.45, 2.75) is 12.5 Å². The minimum absolute atomic E-state index is 0.0954. The Hall–Kier alpha value is -8.98. The smallest absolute Gasteiger partial charge is 0.0566 e. The first-order valence-corrected chi connectivity index (χ1v) is 24.5. The quantitative estimate of drug-likeness (QED) is 0.152. The minimum atomic E-state index is 0.0954. The lowest BCUT2D eigenvalue weighted by molar-refractivity contribution is 0.695. The first-order valence-electron chi connectivity index (χ1n) is 24.5. The van der Waals surface area contributed by atoms with Gasteiger partial charge in [-0.05, 0) is 142 Å². The molecule has 0 bridgehead atoms. The SMILES string of the molecule is C1=c2c(-c3ccc(-c4cc5ccccc5c5ccccc45)cc3)c3ccc(-n4c5ccccc5c5ccccc54)cc3c(-c3ccc4ccccc4c3)c2=CCC1n1c2ccccc2c2ccccc21. The van der Waals surface area contributed by atoms with Gasteiger partial charge in [0, 0.05) is 38.3 Å². The topological polar surface area (TPSA) is 9.86 Å². The first-order chi connectivity index (χ1) is 34.7. The van der Waals surface area contributed by atoms with Crippen molar-refractivity contribution in [3.63, 3.8) is 0 Å². The highest BCUT2D eigenvalue weighted by atomic mass is 15.0. The van der Waals surface area contributed by atoms with Crippen LogP contribution in [-0.2, 0) is 0 Å². The van der Waals surface area contributed by atoms with Crippen LogP contribution in [0.15, 0.2) is 237 Å². The van der Waals surface area contributed by atoms with Crippen LogP contribution in [0.1, 0.15) is 12.5 Å². The van der Waals surface area contributed by atoms with E-state index in [1.807, 2.05) is 0 Å². The van der Waals surface area contributed by atoms with E-state index in [0.717, 1.165) is 12.1 Å². The highest BCUT2D eigenvalue weighted by Crippen LogP contribution is 2.41. The molecule has 0 amide bonds. The minimum Gasteiger partial charge on any atom is -0.333 e. The van der Waals surface area contributed by atoms with Crippen molar-refractivity contribution in [3.8, 4) is 39.1 Å². The van der Waals surface area contributed by atoms with Crippen LogP contribution in [0.25, 0.3) is 138 Å². The molecule has 0 fully saturated rings. The third-order valence-corrected chi connectivity index (χ3v) is 15.4. The molecule has 12 aromatic carbocycles. The van der Waals surface area contributed by atoms with E-state index in [1.165, 1.54) is 131 Å². The predicted octanol–water partition coefficient (Wildman–Crippen LogP) is 16.7. The summed E-state index contributed by atoms with van der Waals surface area (Å²) in [5, 5.41) is 17.7. The number of nitrogens with zero attached hydrogens (tertiary/aromatic N) is 2. The monoisotopic (exact) mass is 888 g/mol. The summed E-state index contributed by atoms with van der Waals surface area (Å²) in [6.45, 7) is 0. The Bertz CT molecular complexity index is 4520. The van der Waals surface area contributed by atoms with Crippen molar-refractivity contribution in [2.75, 3.05) is 0 Å². The van der Waals surface area contributed by atoms with Gasteiger partial charge in [-0.15, -0.1) is 0 Å². The molecule has 1 aliphatic carbocycles. The summed E-state index contributed by atoms with van der Waals surface area (Å²) in [4.78, 5) is 0. The van der Waals surface area contributed by atoms with Crippen molar-refractivity contribution in [2.24, 2.45) is 0 Å². The van der Waals surface area contributed by atoms with E-state index in [1.54, 1.807) is 0 Å². The molecule has 0 N–H and O–H groups in total. The molecule has 14 aromatic rings. The van der Waals surface area contributed by atoms with Gasteiger partial charge in [-0.1, -0.05) is 200 Å². The fraction of sp³-hybridized carbons (Fsp3) is 0.0294. The number of hydrogen-bond acceptors (Lipinski definition) is 0. The molecular weight excluding hydrogens is 845 g/mol. The van der Waals surface area contributed by atoms with Crippen molar-refractivity contribution < 1.29 is 0 Å². The summed E-state index contributed by atoms with van der Waals surface area (Å²) in [5.74, 6) is 0. The zero-order valence-corrected chi connectivity index (χ0v) is 38.4. The fourth-order valence-corrected chi connectivity index (χ4v) is 12.3. The van der Waals surface area contributed by atoms with Gasteiger partial charge >= 0.3 is 0 Å². The maximum Gasteiger partial charge on any atom is 0.0566 e. The molecule has 1 atom stereocenters. The van der Waals surface area contributed by atoms with E-state index < -0.39 is 0 Å². The van der Waals surface area contributed by atoms with E-state index >= 15 is 0 Å². The van der Waals surface area contributed by atoms with Gasteiger partial charge in [-0.25, -0.2) is 0 Å². The molecule has 1 aliphatic rings. The summed E-state index contributed by atoms with van der Waals surface area (Å²) in [6.07, 6.45) is 6.01. The van der Waals surface area contributed by atoms with Gasteiger partial charge in [0.25, 0.3) is 0 Å². The summed E-state index contributed by atoms with van der Waals surface area (Å²) >= 11 is 0. The van der Waals surface area contributed by atoms with E-state index in [-0.39, 0.29) is 6.04 Å². The van der Waals surface area contributed by atoms with Crippen molar-refractivity contribution in [1.29, 1.82) is 0 Å². The number of fused-ring (bicyclic) bond motifs is 12. The Morgan fingerprint density at radius 1 is 0.314 bits per heavy atom. The zero-order chi connectivity index (χ0) is 45.9. The third kappa shape index (κ3) is 5.80. The average molecular weight is 889 g/mol. The van der Waals surface area contributed by atoms with Crippen LogP contribution in [0.3, 0.4) is 0 Å². The van der Waals surface area contributed by atoms with Gasteiger partial charge in [0.1, 0.15) is 0 Å². The Kier molecular flexibility index (Phi) is 8.52. The Morgan fingerprint density at radius 2 is 0.829 bits per heavy atom. The molecule has 2 nitrogen and oxygen atoms in total. The number of aromatic nitrogens is 2. The molecule has 0 saturated heterocycles. The summed E-state index contributed by atoms with van der Waals surface area (Å²) < 4.78 is 5.05. The second-order valence-electron chi connectivity index (χ2n) is 19.1. The molecule has 2 heteroatoms. The molecule has 2 heterocycles. The van der Waals surface area contributed by atoms with Crippen LogP contribution < -0.4 is 10.4 Å². The zero-order valence-electron chi connectivity index (χ0n) is 38.4. The van der Waals surface area contributed by atoms with Crippen LogP contribution in [0.4, 0.5) is 0 Å².